The van der Waals surface area contributed by atoms with Gasteiger partial charge >= 0.3 is 11.9 Å². The Hall–Kier alpha value is -1.83. The molecular formula is C10H12O5. The summed E-state index contributed by atoms with van der Waals surface area (Å²) < 4.78 is 8.90. The number of methoxy groups -OCH3 is 1. The van der Waals surface area contributed by atoms with Crippen LogP contribution in [0.15, 0.2) is 0 Å². The van der Waals surface area contributed by atoms with E-state index in [9.17, 15) is 14.4 Å². The molecule has 0 rings (SSSR count). The number of carbonyl (C=O) groups is 3. The van der Waals surface area contributed by atoms with Gasteiger partial charge in [-0.3, -0.25) is 14.4 Å². The van der Waals surface area contributed by atoms with Crippen molar-refractivity contribution in [2.45, 2.75) is 13.3 Å². The molecule has 0 spiro atoms. The van der Waals surface area contributed by atoms with Gasteiger partial charge in [-0.15, -0.1) is 6.42 Å². The van der Waals surface area contributed by atoms with Crippen molar-refractivity contribution in [3.8, 4) is 12.3 Å². The molecule has 5 nitrogen and oxygen atoms in total. The van der Waals surface area contributed by atoms with Crippen LogP contribution in [0.1, 0.15) is 13.3 Å². The first-order valence-electron chi connectivity index (χ1n) is 4.20. The van der Waals surface area contributed by atoms with E-state index < -0.39 is 23.6 Å². The molecule has 1 atom stereocenters. The van der Waals surface area contributed by atoms with E-state index in [0.29, 0.717) is 0 Å². The minimum absolute atomic E-state index is 0.218. The SMILES string of the molecule is C#CCOC(=O)C(CC(=O)OC)C(C)=O. The first-order chi connectivity index (χ1) is 7.02. The second-order valence-electron chi connectivity index (χ2n) is 2.76. The molecule has 0 fully saturated rings. The monoisotopic (exact) mass is 212 g/mol. The van der Waals surface area contributed by atoms with Crippen LogP contribution in [-0.4, -0.2) is 31.4 Å². The topological polar surface area (TPSA) is 69.7 Å². The van der Waals surface area contributed by atoms with Crippen molar-refractivity contribution < 1.29 is 23.9 Å². The zero-order valence-corrected chi connectivity index (χ0v) is 8.61. The van der Waals surface area contributed by atoms with Gasteiger partial charge in [0.15, 0.2) is 6.61 Å². The van der Waals surface area contributed by atoms with E-state index in [1.165, 1.54) is 14.0 Å². The second-order valence-corrected chi connectivity index (χ2v) is 2.76. The predicted octanol–water partition coefficient (Wildman–Crippen LogP) is -0.0689. The summed E-state index contributed by atoms with van der Waals surface area (Å²) in [5, 5.41) is 0. The van der Waals surface area contributed by atoms with Crippen molar-refractivity contribution in [1.29, 1.82) is 0 Å². The molecule has 0 bridgehead atoms. The molecule has 82 valence electrons. The smallest absolute Gasteiger partial charge is 0.318 e. The average Bonchev–Trinajstić information content (AvgIpc) is 2.21. The van der Waals surface area contributed by atoms with Crippen molar-refractivity contribution >= 4 is 17.7 Å². The number of hydrogen-bond acceptors (Lipinski definition) is 5. The normalized spacial score (nSPS) is 11.0. The molecule has 0 aliphatic rings. The number of esters is 2. The van der Waals surface area contributed by atoms with Crippen molar-refractivity contribution in [2.75, 3.05) is 13.7 Å². The molecule has 0 saturated heterocycles. The van der Waals surface area contributed by atoms with E-state index >= 15 is 0 Å². The van der Waals surface area contributed by atoms with Crippen molar-refractivity contribution in [3.05, 3.63) is 0 Å². The number of hydrogen-bond donors (Lipinski definition) is 0. The van der Waals surface area contributed by atoms with Crippen LogP contribution in [0.25, 0.3) is 0 Å². The van der Waals surface area contributed by atoms with Crippen LogP contribution < -0.4 is 0 Å². The Morgan fingerprint density at radius 1 is 1.40 bits per heavy atom. The molecule has 0 aromatic rings. The molecule has 1 unspecified atom stereocenters. The Bertz CT molecular complexity index is 299. The van der Waals surface area contributed by atoms with Gasteiger partial charge in [0.1, 0.15) is 11.7 Å². The van der Waals surface area contributed by atoms with Crippen molar-refractivity contribution in [1.82, 2.24) is 0 Å². The summed E-state index contributed by atoms with van der Waals surface area (Å²) in [6.45, 7) is 0.981. The van der Waals surface area contributed by atoms with Crippen molar-refractivity contribution in [3.63, 3.8) is 0 Å². The highest BCUT2D eigenvalue weighted by Crippen LogP contribution is 2.08. The standard InChI is InChI=1S/C10H12O5/c1-4-5-15-10(13)8(7(2)11)6-9(12)14-3/h1,8H,5-6H2,2-3H3. The summed E-state index contributed by atoms with van der Waals surface area (Å²) in [5.74, 6) is -0.946. The van der Waals surface area contributed by atoms with Gasteiger partial charge in [-0.25, -0.2) is 0 Å². The van der Waals surface area contributed by atoms with E-state index in [1.807, 2.05) is 0 Å². The molecule has 0 aromatic carbocycles. The second kappa shape index (κ2) is 6.60. The molecule has 5 heteroatoms. The minimum Gasteiger partial charge on any atom is -0.469 e. The Kier molecular flexibility index (Phi) is 5.79. The fourth-order valence-corrected chi connectivity index (χ4v) is 0.856. The van der Waals surface area contributed by atoms with Crippen LogP contribution in [-0.2, 0) is 23.9 Å². The Balaban J connectivity index is 4.40. The lowest BCUT2D eigenvalue weighted by atomic mass is 10.0. The maximum Gasteiger partial charge on any atom is 0.318 e. The van der Waals surface area contributed by atoms with E-state index in [4.69, 9.17) is 6.42 Å². The number of Topliss-reactive ketones (excluding diaryl/α,β-unsaturated/α-hetero) is 1. The van der Waals surface area contributed by atoms with Gasteiger partial charge in [0.25, 0.3) is 0 Å². The van der Waals surface area contributed by atoms with Gasteiger partial charge in [-0.1, -0.05) is 5.92 Å². The maximum absolute atomic E-state index is 11.2. The van der Waals surface area contributed by atoms with Crippen LogP contribution >= 0.6 is 0 Å². The molecule has 0 saturated carbocycles. The summed E-state index contributed by atoms with van der Waals surface area (Å²) in [7, 11) is 1.17. The molecule has 0 aromatic heterocycles. The summed E-state index contributed by atoms with van der Waals surface area (Å²) in [4.78, 5) is 33.2. The van der Waals surface area contributed by atoms with E-state index in [0.717, 1.165) is 0 Å². The molecule has 15 heavy (non-hydrogen) atoms. The zero-order valence-electron chi connectivity index (χ0n) is 8.61. The number of rotatable bonds is 5. The van der Waals surface area contributed by atoms with Gasteiger partial charge in [0.2, 0.25) is 0 Å². The Morgan fingerprint density at radius 2 is 2.00 bits per heavy atom. The molecule has 0 amide bonds. The van der Waals surface area contributed by atoms with Gasteiger partial charge in [0, 0.05) is 0 Å². The molecule has 0 aliphatic heterocycles. The number of ketones is 1. The van der Waals surface area contributed by atoms with Gasteiger partial charge in [-0.05, 0) is 6.92 Å². The fourth-order valence-electron chi connectivity index (χ4n) is 0.856. The Morgan fingerprint density at radius 3 is 2.40 bits per heavy atom. The quantitative estimate of drug-likeness (QED) is 0.362. The predicted molar refractivity (Wildman–Crippen MR) is 50.6 cm³/mol. The lowest BCUT2D eigenvalue weighted by Crippen LogP contribution is -2.27. The van der Waals surface area contributed by atoms with Crippen LogP contribution in [0.3, 0.4) is 0 Å². The molecule has 0 heterocycles. The fraction of sp³-hybridized carbons (Fsp3) is 0.500. The molecular weight excluding hydrogens is 200 g/mol. The lowest BCUT2D eigenvalue weighted by molar-refractivity contribution is -0.156. The highest BCUT2D eigenvalue weighted by Gasteiger charge is 2.27. The summed E-state index contributed by atoms with van der Waals surface area (Å²) >= 11 is 0. The van der Waals surface area contributed by atoms with Crippen LogP contribution in [0.5, 0.6) is 0 Å². The van der Waals surface area contributed by atoms with Gasteiger partial charge < -0.3 is 9.47 Å². The largest absolute Gasteiger partial charge is 0.469 e. The number of terminal acetylenes is 1. The highest BCUT2D eigenvalue weighted by molar-refractivity contribution is 6.00. The van der Waals surface area contributed by atoms with Crippen molar-refractivity contribution in [2.24, 2.45) is 5.92 Å². The first kappa shape index (κ1) is 13.2. The molecule has 0 radical (unpaired) electrons. The lowest BCUT2D eigenvalue weighted by Gasteiger charge is -2.10. The average molecular weight is 212 g/mol. The summed E-state index contributed by atoms with van der Waals surface area (Å²) in [6.07, 6.45) is 4.55. The van der Waals surface area contributed by atoms with E-state index in [2.05, 4.69) is 15.4 Å². The number of ether oxygens (including phenoxy) is 2. The minimum atomic E-state index is -1.13. The van der Waals surface area contributed by atoms with Gasteiger partial charge in [-0.2, -0.15) is 0 Å². The first-order valence-corrected chi connectivity index (χ1v) is 4.20. The molecule has 0 N–H and O–H groups in total. The maximum atomic E-state index is 11.2. The number of carbonyl (C=O) groups excluding carboxylic acids is 3. The van der Waals surface area contributed by atoms with Gasteiger partial charge in [0.05, 0.1) is 13.5 Å². The highest BCUT2D eigenvalue weighted by atomic mass is 16.5. The third kappa shape index (κ3) is 4.81. The third-order valence-corrected chi connectivity index (χ3v) is 1.67. The van der Waals surface area contributed by atoms with Crippen LogP contribution in [0, 0.1) is 18.3 Å². The summed E-state index contributed by atoms with van der Waals surface area (Å²) in [5.41, 5.74) is 0. The Labute approximate surface area is 87.7 Å². The van der Waals surface area contributed by atoms with Crippen LogP contribution in [0.4, 0.5) is 0 Å². The van der Waals surface area contributed by atoms with Crippen LogP contribution in [0.2, 0.25) is 0 Å². The summed E-state index contributed by atoms with van der Waals surface area (Å²) in [6, 6.07) is 0. The molecule has 0 aliphatic carbocycles. The van der Waals surface area contributed by atoms with E-state index in [1.54, 1.807) is 0 Å². The zero-order chi connectivity index (χ0) is 11.8. The third-order valence-electron chi connectivity index (χ3n) is 1.67. The van der Waals surface area contributed by atoms with E-state index in [-0.39, 0.29) is 13.0 Å².